The number of amides is 1. The predicted molar refractivity (Wildman–Crippen MR) is 122 cm³/mol. The van der Waals surface area contributed by atoms with Crippen molar-refractivity contribution in [2.24, 2.45) is 0 Å². The zero-order valence-corrected chi connectivity index (χ0v) is 19.0. The van der Waals surface area contributed by atoms with Gasteiger partial charge in [-0.3, -0.25) is 9.48 Å². The largest absolute Gasteiger partial charge is 0.347 e. The number of benzene rings is 2. The highest BCUT2D eigenvalue weighted by Crippen LogP contribution is 2.31. The lowest BCUT2D eigenvalue weighted by atomic mass is 10.0. The maximum Gasteiger partial charge on any atom is 0.272 e. The molecule has 2 heterocycles. The number of aromatic nitrogens is 2. The average Bonchev–Trinajstić information content (AvgIpc) is 3.33. The van der Waals surface area contributed by atoms with Crippen molar-refractivity contribution in [3.8, 4) is 11.3 Å². The van der Waals surface area contributed by atoms with Crippen LogP contribution in [0.2, 0.25) is 5.02 Å². The van der Waals surface area contributed by atoms with Gasteiger partial charge in [0.25, 0.3) is 5.91 Å². The molecule has 0 radical (unpaired) electrons. The Labute approximate surface area is 187 Å². The van der Waals surface area contributed by atoms with Gasteiger partial charge < -0.3 is 5.32 Å². The molecule has 0 saturated carbocycles. The van der Waals surface area contributed by atoms with Crippen molar-refractivity contribution in [2.45, 2.75) is 32.9 Å². The first-order chi connectivity index (χ1) is 14.7. The Bertz CT molecular complexity index is 1230. The van der Waals surface area contributed by atoms with Gasteiger partial charge in [0.15, 0.2) is 15.5 Å². The van der Waals surface area contributed by atoms with E-state index in [1.165, 1.54) is 5.56 Å². The van der Waals surface area contributed by atoms with Crippen LogP contribution in [0.3, 0.4) is 0 Å². The molecule has 1 aromatic heterocycles. The van der Waals surface area contributed by atoms with Crippen molar-refractivity contribution in [2.75, 3.05) is 11.5 Å². The molecule has 1 saturated heterocycles. The summed E-state index contributed by atoms with van der Waals surface area (Å²) in [6, 6.07) is 14.8. The minimum absolute atomic E-state index is 0.0400. The molecule has 1 N–H and O–H groups in total. The lowest BCUT2D eigenvalue weighted by molar-refractivity contribution is 0.0945. The highest BCUT2D eigenvalue weighted by molar-refractivity contribution is 7.91. The molecule has 1 amide bonds. The molecular formula is C23H24ClN3O3S. The summed E-state index contributed by atoms with van der Waals surface area (Å²) in [5.41, 5.74) is 5.15. The number of carbonyl (C=O) groups excluding carboxylic acids is 1. The van der Waals surface area contributed by atoms with Crippen LogP contribution in [-0.4, -0.2) is 35.6 Å². The van der Waals surface area contributed by atoms with Gasteiger partial charge in [0.05, 0.1) is 23.2 Å². The Kier molecular flexibility index (Phi) is 5.90. The molecule has 4 rings (SSSR count). The van der Waals surface area contributed by atoms with E-state index in [1.807, 2.05) is 44.2 Å². The fourth-order valence-corrected chi connectivity index (χ4v) is 5.56. The number of rotatable bonds is 5. The summed E-state index contributed by atoms with van der Waals surface area (Å²) >= 11 is 5.91. The van der Waals surface area contributed by atoms with Gasteiger partial charge in [0.2, 0.25) is 0 Å². The van der Waals surface area contributed by atoms with E-state index in [2.05, 4.69) is 10.4 Å². The molecule has 1 aliphatic heterocycles. The van der Waals surface area contributed by atoms with Gasteiger partial charge >= 0.3 is 0 Å². The Balaban J connectivity index is 1.64. The molecule has 1 aliphatic rings. The number of nitrogens with one attached hydrogen (secondary N) is 1. The van der Waals surface area contributed by atoms with Crippen molar-refractivity contribution >= 4 is 27.3 Å². The van der Waals surface area contributed by atoms with E-state index in [0.717, 1.165) is 22.4 Å². The number of aryl methyl sites for hydroxylation is 2. The smallest absolute Gasteiger partial charge is 0.272 e. The summed E-state index contributed by atoms with van der Waals surface area (Å²) in [5, 5.41) is 8.05. The zero-order valence-electron chi connectivity index (χ0n) is 17.4. The second kappa shape index (κ2) is 8.48. The number of sulfone groups is 1. The van der Waals surface area contributed by atoms with Gasteiger partial charge in [-0.05, 0) is 61.2 Å². The average molecular weight is 458 g/mol. The first-order valence-corrected chi connectivity index (χ1v) is 12.3. The minimum Gasteiger partial charge on any atom is -0.347 e. The van der Waals surface area contributed by atoms with Crippen molar-refractivity contribution in [3.05, 3.63) is 75.9 Å². The second-order valence-electron chi connectivity index (χ2n) is 8.02. The number of hydrogen-bond acceptors (Lipinski definition) is 4. The van der Waals surface area contributed by atoms with E-state index in [4.69, 9.17) is 11.6 Å². The summed E-state index contributed by atoms with van der Waals surface area (Å²) in [4.78, 5) is 12.8. The molecule has 3 aromatic rings. The number of halogens is 1. The standard InChI is InChI=1S/C23H24ClN3O3S/c1-15-3-6-18(11-16(15)2)22-12-21(26-27(22)20-9-10-31(29,30)14-20)23(28)25-13-17-4-7-19(24)8-5-17/h3-8,11-12,20H,9-10,13-14H2,1-2H3,(H,25,28)/t20-/m0/s1. The van der Waals surface area contributed by atoms with Crippen LogP contribution in [0.4, 0.5) is 0 Å². The third kappa shape index (κ3) is 4.83. The minimum atomic E-state index is -3.09. The Hall–Kier alpha value is -2.64. The van der Waals surface area contributed by atoms with Crippen LogP contribution in [-0.2, 0) is 16.4 Å². The molecule has 0 bridgehead atoms. The topological polar surface area (TPSA) is 81.1 Å². The molecule has 0 spiro atoms. The zero-order chi connectivity index (χ0) is 22.2. The second-order valence-corrected chi connectivity index (χ2v) is 10.7. The summed E-state index contributed by atoms with van der Waals surface area (Å²) in [7, 11) is -3.09. The molecule has 1 atom stereocenters. The lowest BCUT2D eigenvalue weighted by Crippen LogP contribution is -2.23. The van der Waals surface area contributed by atoms with Gasteiger partial charge in [-0.2, -0.15) is 5.10 Å². The Morgan fingerprint density at radius 3 is 2.52 bits per heavy atom. The van der Waals surface area contributed by atoms with Crippen molar-refractivity contribution < 1.29 is 13.2 Å². The van der Waals surface area contributed by atoms with Crippen LogP contribution < -0.4 is 5.32 Å². The molecule has 0 unspecified atom stereocenters. The third-order valence-corrected chi connectivity index (χ3v) is 7.69. The van der Waals surface area contributed by atoms with E-state index in [1.54, 1.807) is 22.9 Å². The van der Waals surface area contributed by atoms with Crippen LogP contribution in [0.5, 0.6) is 0 Å². The Morgan fingerprint density at radius 2 is 1.87 bits per heavy atom. The molecule has 162 valence electrons. The molecule has 1 fully saturated rings. The van der Waals surface area contributed by atoms with Crippen molar-refractivity contribution in [1.82, 2.24) is 15.1 Å². The van der Waals surface area contributed by atoms with E-state index < -0.39 is 9.84 Å². The highest BCUT2D eigenvalue weighted by atomic mass is 35.5. The fraction of sp³-hybridized carbons (Fsp3) is 0.304. The summed E-state index contributed by atoms with van der Waals surface area (Å²) in [6.45, 7) is 4.41. The number of nitrogens with zero attached hydrogens (tertiary/aromatic N) is 2. The van der Waals surface area contributed by atoms with Crippen LogP contribution in [0.25, 0.3) is 11.3 Å². The van der Waals surface area contributed by atoms with E-state index in [9.17, 15) is 13.2 Å². The van der Waals surface area contributed by atoms with Crippen molar-refractivity contribution in [3.63, 3.8) is 0 Å². The molecule has 0 aliphatic carbocycles. The highest BCUT2D eigenvalue weighted by Gasteiger charge is 2.32. The van der Waals surface area contributed by atoms with E-state index in [0.29, 0.717) is 18.0 Å². The van der Waals surface area contributed by atoms with Crippen LogP contribution in [0.15, 0.2) is 48.5 Å². The molecule has 6 nitrogen and oxygen atoms in total. The monoisotopic (exact) mass is 457 g/mol. The fourth-order valence-electron chi connectivity index (χ4n) is 3.74. The third-order valence-electron chi connectivity index (χ3n) is 5.69. The summed E-state index contributed by atoms with van der Waals surface area (Å²) in [5.74, 6) is -0.125. The van der Waals surface area contributed by atoms with Gasteiger partial charge in [-0.25, -0.2) is 8.42 Å². The number of carbonyl (C=O) groups is 1. The predicted octanol–water partition coefficient (Wildman–Crippen LogP) is 4.11. The van der Waals surface area contributed by atoms with Gasteiger partial charge in [0, 0.05) is 17.1 Å². The Morgan fingerprint density at radius 1 is 1.13 bits per heavy atom. The van der Waals surface area contributed by atoms with Crippen LogP contribution >= 0.6 is 11.6 Å². The van der Waals surface area contributed by atoms with Crippen molar-refractivity contribution in [1.29, 1.82) is 0 Å². The SMILES string of the molecule is Cc1ccc(-c2cc(C(=O)NCc3ccc(Cl)cc3)nn2[C@H]2CCS(=O)(=O)C2)cc1C. The molecule has 8 heteroatoms. The molecule has 31 heavy (non-hydrogen) atoms. The number of hydrogen-bond donors (Lipinski definition) is 1. The molecular weight excluding hydrogens is 434 g/mol. The molecule has 2 aromatic carbocycles. The summed E-state index contributed by atoms with van der Waals surface area (Å²) in [6.07, 6.45) is 0.494. The quantitative estimate of drug-likeness (QED) is 0.625. The van der Waals surface area contributed by atoms with E-state index in [-0.39, 0.29) is 29.1 Å². The first-order valence-electron chi connectivity index (χ1n) is 10.1. The van der Waals surface area contributed by atoms with Gasteiger partial charge in [-0.1, -0.05) is 35.9 Å². The maximum atomic E-state index is 12.8. The summed E-state index contributed by atoms with van der Waals surface area (Å²) < 4.78 is 25.8. The lowest BCUT2D eigenvalue weighted by Gasteiger charge is -2.14. The van der Waals surface area contributed by atoms with Crippen LogP contribution in [0, 0.1) is 13.8 Å². The first kappa shape index (κ1) is 21.6. The van der Waals surface area contributed by atoms with Crippen LogP contribution in [0.1, 0.15) is 39.6 Å². The van der Waals surface area contributed by atoms with Gasteiger partial charge in [0.1, 0.15) is 0 Å². The normalized spacial score (nSPS) is 17.6. The maximum absolute atomic E-state index is 12.8. The van der Waals surface area contributed by atoms with E-state index >= 15 is 0 Å². The van der Waals surface area contributed by atoms with Gasteiger partial charge in [-0.15, -0.1) is 0 Å².